The minimum atomic E-state index is 0.0235. The number of rotatable bonds is 5. The van der Waals surface area contributed by atoms with E-state index in [4.69, 9.17) is 0 Å². The molecule has 1 aliphatic heterocycles. The Hall–Kier alpha value is -1.86. The highest BCUT2D eigenvalue weighted by molar-refractivity contribution is 5.95. The fourth-order valence-electron chi connectivity index (χ4n) is 2.94. The molecule has 112 valence electrons. The predicted octanol–water partition coefficient (Wildman–Crippen LogP) is 3.05. The lowest BCUT2D eigenvalue weighted by atomic mass is 10.0. The van der Waals surface area contributed by atoms with E-state index in [-0.39, 0.29) is 5.78 Å². The third-order valence-corrected chi connectivity index (χ3v) is 4.23. The number of nitriles is 1. The number of hydrogen-bond acceptors (Lipinski definition) is 4. The molecular formula is C17H23N3O. The average Bonchev–Trinajstić information content (AvgIpc) is 2.52. The summed E-state index contributed by atoms with van der Waals surface area (Å²) in [4.78, 5) is 14.0. The molecule has 0 aromatic heterocycles. The normalized spacial score (nSPS) is 19.0. The van der Waals surface area contributed by atoms with Gasteiger partial charge in [0.25, 0.3) is 0 Å². The largest absolute Gasteiger partial charge is 0.382 e. The molecule has 0 radical (unpaired) electrons. The second kappa shape index (κ2) is 7.24. The summed E-state index contributed by atoms with van der Waals surface area (Å²) in [6, 6.07) is 7.92. The summed E-state index contributed by atoms with van der Waals surface area (Å²) in [5.74, 6) is 0.0235. The van der Waals surface area contributed by atoms with E-state index in [1.165, 1.54) is 19.3 Å². The van der Waals surface area contributed by atoms with Gasteiger partial charge in [-0.25, -0.2) is 0 Å². The smallest absolute Gasteiger partial charge is 0.159 e. The molecule has 1 fully saturated rings. The summed E-state index contributed by atoms with van der Waals surface area (Å²) in [5.41, 5.74) is 2.01. The van der Waals surface area contributed by atoms with Crippen LogP contribution in [0.2, 0.25) is 0 Å². The van der Waals surface area contributed by atoms with Gasteiger partial charge >= 0.3 is 0 Å². The molecule has 0 saturated carbocycles. The first-order chi connectivity index (χ1) is 10.2. The highest BCUT2D eigenvalue weighted by Gasteiger charge is 2.20. The van der Waals surface area contributed by atoms with Crippen LogP contribution in [0.25, 0.3) is 0 Å². The van der Waals surface area contributed by atoms with Crippen LogP contribution in [0.5, 0.6) is 0 Å². The molecule has 21 heavy (non-hydrogen) atoms. The van der Waals surface area contributed by atoms with Gasteiger partial charge in [-0.3, -0.25) is 9.69 Å². The molecule has 1 N–H and O–H groups in total. The maximum absolute atomic E-state index is 11.5. The van der Waals surface area contributed by atoms with Crippen molar-refractivity contribution in [3.8, 4) is 6.07 Å². The Morgan fingerprint density at radius 3 is 2.95 bits per heavy atom. The van der Waals surface area contributed by atoms with Crippen molar-refractivity contribution in [3.63, 3.8) is 0 Å². The maximum Gasteiger partial charge on any atom is 0.159 e. The van der Waals surface area contributed by atoms with Gasteiger partial charge in [0.05, 0.1) is 11.3 Å². The van der Waals surface area contributed by atoms with E-state index < -0.39 is 0 Å². The van der Waals surface area contributed by atoms with E-state index in [1.807, 2.05) is 0 Å². The number of piperidine rings is 1. The zero-order valence-electron chi connectivity index (χ0n) is 12.9. The molecule has 0 spiro atoms. The van der Waals surface area contributed by atoms with Crippen molar-refractivity contribution >= 4 is 11.5 Å². The zero-order valence-corrected chi connectivity index (χ0v) is 12.9. The van der Waals surface area contributed by atoms with Crippen molar-refractivity contribution < 1.29 is 4.79 Å². The first-order valence-electron chi connectivity index (χ1n) is 7.68. The number of ketones is 1. The van der Waals surface area contributed by atoms with Crippen LogP contribution < -0.4 is 5.32 Å². The molecule has 2 rings (SSSR count). The second-order valence-electron chi connectivity index (χ2n) is 5.59. The quantitative estimate of drug-likeness (QED) is 0.845. The number of likely N-dealkylation sites (N-methyl/N-ethyl adjacent to an activating group) is 1. The lowest BCUT2D eigenvalue weighted by molar-refractivity contribution is 0.101. The average molecular weight is 285 g/mol. The standard InChI is InChI=1S/C17H23N3O/c1-3-20-9-5-4-6-16(20)12-19-17-10-14(13(2)21)7-8-15(17)11-18/h7-8,10,16,19H,3-6,9,12H2,1-2H3. The molecule has 0 bridgehead atoms. The van der Waals surface area contributed by atoms with Crippen LogP contribution in [-0.4, -0.2) is 36.4 Å². The Kier molecular flexibility index (Phi) is 5.35. The monoisotopic (exact) mass is 285 g/mol. The van der Waals surface area contributed by atoms with Gasteiger partial charge < -0.3 is 5.32 Å². The Balaban J connectivity index is 2.09. The van der Waals surface area contributed by atoms with Crippen molar-refractivity contribution in [3.05, 3.63) is 29.3 Å². The highest BCUT2D eigenvalue weighted by Crippen LogP contribution is 2.21. The third-order valence-electron chi connectivity index (χ3n) is 4.23. The summed E-state index contributed by atoms with van der Waals surface area (Å²) in [5, 5.41) is 12.6. The Bertz CT molecular complexity index is 547. The SMILES string of the molecule is CCN1CCCCC1CNc1cc(C(C)=O)ccc1C#N. The molecule has 1 saturated heterocycles. The number of carbonyl (C=O) groups excluding carboxylic acids is 1. The number of anilines is 1. The predicted molar refractivity (Wildman–Crippen MR) is 84.5 cm³/mol. The van der Waals surface area contributed by atoms with E-state index in [9.17, 15) is 10.1 Å². The lowest BCUT2D eigenvalue weighted by Crippen LogP contribution is -2.43. The minimum Gasteiger partial charge on any atom is -0.382 e. The summed E-state index contributed by atoms with van der Waals surface area (Å²) >= 11 is 0. The highest BCUT2D eigenvalue weighted by atomic mass is 16.1. The number of carbonyl (C=O) groups is 1. The van der Waals surface area contributed by atoms with Gasteiger partial charge in [0.2, 0.25) is 0 Å². The first-order valence-corrected chi connectivity index (χ1v) is 7.68. The molecule has 1 aliphatic rings. The van der Waals surface area contributed by atoms with Gasteiger partial charge in [0, 0.05) is 18.2 Å². The topological polar surface area (TPSA) is 56.1 Å². The van der Waals surface area contributed by atoms with Gasteiger partial charge in [-0.05, 0) is 51.1 Å². The Morgan fingerprint density at radius 2 is 2.29 bits per heavy atom. The molecule has 4 heteroatoms. The summed E-state index contributed by atoms with van der Waals surface area (Å²) < 4.78 is 0. The number of nitrogens with zero attached hydrogens (tertiary/aromatic N) is 2. The fraction of sp³-hybridized carbons (Fsp3) is 0.529. The van der Waals surface area contributed by atoms with Crippen LogP contribution >= 0.6 is 0 Å². The van der Waals surface area contributed by atoms with Crippen LogP contribution in [0.15, 0.2) is 18.2 Å². The minimum absolute atomic E-state index is 0.0235. The van der Waals surface area contributed by atoms with Gasteiger partial charge in [0.15, 0.2) is 5.78 Å². The number of benzene rings is 1. The van der Waals surface area contributed by atoms with Crippen molar-refractivity contribution in [1.29, 1.82) is 5.26 Å². The van der Waals surface area contributed by atoms with Crippen LogP contribution in [0.1, 0.15) is 49.0 Å². The number of nitrogens with one attached hydrogen (secondary N) is 1. The van der Waals surface area contributed by atoms with Crippen LogP contribution in [0.4, 0.5) is 5.69 Å². The summed E-state index contributed by atoms with van der Waals surface area (Å²) in [6.45, 7) is 6.77. The second-order valence-corrected chi connectivity index (χ2v) is 5.59. The van der Waals surface area contributed by atoms with Crippen molar-refractivity contribution in [1.82, 2.24) is 4.90 Å². The Morgan fingerprint density at radius 1 is 1.48 bits per heavy atom. The maximum atomic E-state index is 11.5. The first kappa shape index (κ1) is 15.5. The Labute approximate surface area is 126 Å². The lowest BCUT2D eigenvalue weighted by Gasteiger charge is -2.35. The van der Waals surface area contributed by atoms with E-state index in [0.29, 0.717) is 17.2 Å². The molecule has 1 aromatic carbocycles. The fourth-order valence-corrected chi connectivity index (χ4v) is 2.94. The van der Waals surface area contributed by atoms with Crippen molar-refractivity contribution in [2.24, 2.45) is 0 Å². The third kappa shape index (κ3) is 3.83. The number of Topliss-reactive ketones (excluding diaryl/α,β-unsaturated/α-hetero) is 1. The molecule has 4 nitrogen and oxygen atoms in total. The van der Waals surface area contributed by atoms with Crippen LogP contribution in [-0.2, 0) is 0 Å². The van der Waals surface area contributed by atoms with Gasteiger partial charge in [0.1, 0.15) is 6.07 Å². The van der Waals surface area contributed by atoms with Crippen LogP contribution in [0, 0.1) is 11.3 Å². The van der Waals surface area contributed by atoms with Gasteiger partial charge in [-0.2, -0.15) is 5.26 Å². The van der Waals surface area contributed by atoms with E-state index >= 15 is 0 Å². The van der Waals surface area contributed by atoms with E-state index in [2.05, 4.69) is 23.2 Å². The van der Waals surface area contributed by atoms with Crippen LogP contribution in [0.3, 0.4) is 0 Å². The number of hydrogen-bond donors (Lipinski definition) is 1. The van der Waals surface area contributed by atoms with E-state index in [0.717, 1.165) is 25.3 Å². The molecule has 1 unspecified atom stereocenters. The van der Waals surface area contributed by atoms with Crippen molar-refractivity contribution in [2.75, 3.05) is 25.0 Å². The summed E-state index contributed by atoms with van der Waals surface area (Å²) in [6.07, 6.45) is 3.73. The molecule has 0 aliphatic carbocycles. The molecule has 1 aromatic rings. The molecular weight excluding hydrogens is 262 g/mol. The molecule has 1 atom stereocenters. The zero-order chi connectivity index (χ0) is 15.2. The number of likely N-dealkylation sites (tertiary alicyclic amines) is 1. The van der Waals surface area contributed by atoms with Gasteiger partial charge in [-0.15, -0.1) is 0 Å². The van der Waals surface area contributed by atoms with Crippen molar-refractivity contribution in [2.45, 2.75) is 39.2 Å². The van der Waals surface area contributed by atoms with Gasteiger partial charge in [-0.1, -0.05) is 13.3 Å². The molecule has 1 heterocycles. The molecule has 0 amide bonds. The summed E-state index contributed by atoms with van der Waals surface area (Å²) in [7, 11) is 0. The van der Waals surface area contributed by atoms with E-state index in [1.54, 1.807) is 25.1 Å².